The molecule has 21 heavy (non-hydrogen) atoms. The third-order valence-electron chi connectivity index (χ3n) is 2.80. The summed E-state index contributed by atoms with van der Waals surface area (Å²) in [6.07, 6.45) is 1.42. The number of para-hydroxylation sites is 1. The molecule has 2 aromatic rings. The molecule has 4 nitrogen and oxygen atoms in total. The first-order chi connectivity index (χ1) is 10.2. The van der Waals surface area contributed by atoms with Gasteiger partial charge in [-0.15, -0.1) is 0 Å². The molecule has 2 aromatic carbocycles. The average molecular weight is 283 g/mol. The van der Waals surface area contributed by atoms with Gasteiger partial charge in [0.15, 0.2) is 0 Å². The molecule has 0 atom stereocenters. The van der Waals surface area contributed by atoms with Crippen molar-refractivity contribution in [3.8, 4) is 11.5 Å². The Morgan fingerprint density at radius 1 is 1.05 bits per heavy atom. The minimum absolute atomic E-state index is 0.205. The third-order valence-corrected chi connectivity index (χ3v) is 2.80. The quantitative estimate of drug-likeness (QED) is 0.673. The van der Waals surface area contributed by atoms with Gasteiger partial charge in [-0.05, 0) is 31.2 Å². The molecular weight excluding hydrogens is 266 g/mol. The lowest BCUT2D eigenvalue weighted by molar-refractivity contribution is -0.112. The first-order valence-electron chi connectivity index (χ1n) is 6.53. The van der Waals surface area contributed by atoms with Crippen molar-refractivity contribution in [2.75, 3.05) is 12.4 Å². The smallest absolute Gasteiger partial charge is 0.254 e. The topological polar surface area (TPSA) is 47.6 Å². The second-order valence-electron chi connectivity index (χ2n) is 4.42. The van der Waals surface area contributed by atoms with Gasteiger partial charge in [-0.25, -0.2) is 0 Å². The Labute approximate surface area is 124 Å². The van der Waals surface area contributed by atoms with Crippen LogP contribution in [0.25, 0.3) is 0 Å². The summed E-state index contributed by atoms with van der Waals surface area (Å²) in [6, 6.07) is 16.5. The zero-order valence-corrected chi connectivity index (χ0v) is 12.0. The number of amides is 1. The molecule has 0 aromatic heterocycles. The Bertz CT molecular complexity index is 635. The van der Waals surface area contributed by atoms with Crippen LogP contribution in [0.15, 0.2) is 66.4 Å². The van der Waals surface area contributed by atoms with Crippen LogP contribution in [-0.4, -0.2) is 13.0 Å². The monoisotopic (exact) mass is 283 g/mol. The van der Waals surface area contributed by atoms with Crippen LogP contribution < -0.4 is 14.8 Å². The van der Waals surface area contributed by atoms with Gasteiger partial charge in [0.2, 0.25) is 0 Å². The Balaban J connectivity index is 1.98. The summed E-state index contributed by atoms with van der Waals surface area (Å²) >= 11 is 0. The number of anilines is 1. The average Bonchev–Trinajstić information content (AvgIpc) is 2.53. The summed E-state index contributed by atoms with van der Waals surface area (Å²) in [5, 5.41) is 2.79. The number of methoxy groups -OCH3 is 1. The highest BCUT2D eigenvalue weighted by Gasteiger charge is 2.05. The van der Waals surface area contributed by atoms with Gasteiger partial charge in [-0.3, -0.25) is 4.79 Å². The molecule has 0 unspecified atom stereocenters. The summed E-state index contributed by atoms with van der Waals surface area (Å²) in [6.45, 7) is 1.69. The van der Waals surface area contributed by atoms with Crippen LogP contribution in [0.3, 0.4) is 0 Å². The lowest BCUT2D eigenvalue weighted by atomic mass is 10.2. The first-order valence-corrected chi connectivity index (χ1v) is 6.53. The van der Waals surface area contributed by atoms with Crippen molar-refractivity contribution >= 4 is 11.6 Å². The van der Waals surface area contributed by atoms with Crippen molar-refractivity contribution < 1.29 is 14.3 Å². The maximum atomic E-state index is 12.0. The molecule has 0 bridgehead atoms. The van der Waals surface area contributed by atoms with Gasteiger partial charge in [0.05, 0.1) is 13.4 Å². The molecule has 2 rings (SSSR count). The Kier molecular flexibility index (Phi) is 4.99. The van der Waals surface area contributed by atoms with Crippen LogP contribution in [0, 0.1) is 0 Å². The van der Waals surface area contributed by atoms with Gasteiger partial charge < -0.3 is 14.8 Å². The zero-order valence-electron chi connectivity index (χ0n) is 12.0. The molecule has 0 aliphatic rings. The second-order valence-corrected chi connectivity index (χ2v) is 4.42. The number of nitrogens with one attached hydrogen (secondary N) is 1. The number of carbonyl (C=O) groups is 1. The molecule has 0 spiro atoms. The van der Waals surface area contributed by atoms with Crippen molar-refractivity contribution in [1.82, 2.24) is 0 Å². The van der Waals surface area contributed by atoms with Crippen molar-refractivity contribution in [1.29, 1.82) is 0 Å². The van der Waals surface area contributed by atoms with Crippen molar-refractivity contribution in [3.63, 3.8) is 0 Å². The number of carbonyl (C=O) groups excluding carboxylic acids is 1. The maximum absolute atomic E-state index is 12.0. The molecule has 0 aliphatic carbocycles. The van der Waals surface area contributed by atoms with Gasteiger partial charge in [0, 0.05) is 17.3 Å². The Morgan fingerprint density at radius 2 is 1.76 bits per heavy atom. The predicted octanol–water partition coefficient (Wildman–Crippen LogP) is 3.62. The molecule has 0 saturated heterocycles. The van der Waals surface area contributed by atoms with E-state index in [0.717, 1.165) is 5.69 Å². The molecular formula is C17H17NO3. The summed E-state index contributed by atoms with van der Waals surface area (Å²) in [5.41, 5.74) is 1.22. The van der Waals surface area contributed by atoms with Gasteiger partial charge in [0.1, 0.15) is 11.5 Å². The molecule has 0 saturated carbocycles. The fourth-order valence-electron chi connectivity index (χ4n) is 1.64. The zero-order chi connectivity index (χ0) is 15.1. The second kappa shape index (κ2) is 7.14. The number of hydrogen-bond acceptors (Lipinski definition) is 3. The van der Waals surface area contributed by atoms with Gasteiger partial charge in [0.25, 0.3) is 5.91 Å². The SMILES string of the molecule is COc1cccc(O/C=C(\C)C(=O)Nc2ccccc2)c1. The van der Waals surface area contributed by atoms with Crippen LogP contribution in [0.2, 0.25) is 0 Å². The standard InChI is InChI=1S/C17H17NO3/c1-13(17(19)18-14-7-4-3-5-8-14)12-21-16-10-6-9-15(11-16)20-2/h3-12H,1-2H3,(H,18,19)/b13-12+. The first kappa shape index (κ1) is 14.7. The summed E-state index contributed by atoms with van der Waals surface area (Å²) in [4.78, 5) is 12.0. The van der Waals surface area contributed by atoms with Gasteiger partial charge in [-0.2, -0.15) is 0 Å². The van der Waals surface area contributed by atoms with Crippen molar-refractivity contribution in [2.24, 2.45) is 0 Å². The van der Waals surface area contributed by atoms with E-state index in [9.17, 15) is 4.79 Å². The van der Waals surface area contributed by atoms with E-state index in [1.165, 1.54) is 6.26 Å². The van der Waals surface area contributed by atoms with Crippen LogP contribution >= 0.6 is 0 Å². The Hall–Kier alpha value is -2.75. The van der Waals surface area contributed by atoms with Crippen LogP contribution in [0.4, 0.5) is 5.69 Å². The highest BCUT2D eigenvalue weighted by Crippen LogP contribution is 2.19. The van der Waals surface area contributed by atoms with Gasteiger partial charge in [-0.1, -0.05) is 24.3 Å². The van der Waals surface area contributed by atoms with E-state index in [0.29, 0.717) is 17.1 Å². The Morgan fingerprint density at radius 3 is 2.48 bits per heavy atom. The predicted molar refractivity (Wildman–Crippen MR) is 82.5 cm³/mol. The van der Waals surface area contributed by atoms with Crippen LogP contribution in [0.1, 0.15) is 6.92 Å². The van der Waals surface area contributed by atoms with E-state index in [-0.39, 0.29) is 5.91 Å². The number of rotatable bonds is 5. The fraction of sp³-hybridized carbons (Fsp3) is 0.118. The summed E-state index contributed by atoms with van der Waals surface area (Å²) in [5.74, 6) is 1.11. The van der Waals surface area contributed by atoms with Crippen LogP contribution in [-0.2, 0) is 4.79 Å². The van der Waals surface area contributed by atoms with E-state index < -0.39 is 0 Å². The number of hydrogen-bond donors (Lipinski definition) is 1. The van der Waals surface area contributed by atoms with E-state index in [1.807, 2.05) is 42.5 Å². The number of benzene rings is 2. The third kappa shape index (κ3) is 4.38. The molecule has 0 aliphatic heterocycles. The van der Waals surface area contributed by atoms with E-state index in [1.54, 1.807) is 26.2 Å². The largest absolute Gasteiger partial charge is 0.497 e. The van der Waals surface area contributed by atoms with E-state index in [2.05, 4.69) is 5.32 Å². The molecule has 0 radical (unpaired) electrons. The molecule has 0 heterocycles. The maximum Gasteiger partial charge on any atom is 0.254 e. The highest BCUT2D eigenvalue weighted by molar-refractivity contribution is 6.03. The van der Waals surface area contributed by atoms with E-state index in [4.69, 9.17) is 9.47 Å². The van der Waals surface area contributed by atoms with Crippen LogP contribution in [0.5, 0.6) is 11.5 Å². The fourth-order valence-corrected chi connectivity index (χ4v) is 1.64. The molecule has 1 N–H and O–H groups in total. The minimum Gasteiger partial charge on any atom is -0.497 e. The van der Waals surface area contributed by atoms with Gasteiger partial charge >= 0.3 is 0 Å². The highest BCUT2D eigenvalue weighted by atomic mass is 16.5. The lowest BCUT2D eigenvalue weighted by Crippen LogP contribution is -2.13. The van der Waals surface area contributed by atoms with Crippen molar-refractivity contribution in [2.45, 2.75) is 6.92 Å². The summed E-state index contributed by atoms with van der Waals surface area (Å²) < 4.78 is 10.6. The molecule has 4 heteroatoms. The van der Waals surface area contributed by atoms with E-state index >= 15 is 0 Å². The molecule has 1 amide bonds. The molecule has 0 fully saturated rings. The molecule has 108 valence electrons. The minimum atomic E-state index is -0.205. The van der Waals surface area contributed by atoms with Crippen molar-refractivity contribution in [3.05, 3.63) is 66.4 Å². The number of ether oxygens (including phenoxy) is 2. The lowest BCUT2D eigenvalue weighted by Gasteiger charge is -2.06. The summed E-state index contributed by atoms with van der Waals surface area (Å²) in [7, 11) is 1.59. The normalized spacial score (nSPS) is 10.9.